The summed E-state index contributed by atoms with van der Waals surface area (Å²) in [7, 11) is 1.92. The molecule has 0 radical (unpaired) electrons. The molecule has 1 unspecified atom stereocenters. The number of carbonyl (C=O) groups excluding carboxylic acids is 1. The molecular weight excluding hydrogens is 282 g/mol. The first kappa shape index (κ1) is 12.4. The molecule has 5 heteroatoms. The van der Waals surface area contributed by atoms with Gasteiger partial charge in [0.25, 0.3) is 0 Å². The second kappa shape index (κ2) is 5.51. The Balaban J connectivity index is 2.02. The fourth-order valence-corrected chi connectivity index (χ4v) is 2.19. The minimum absolute atomic E-state index is 0.00609. The SMILES string of the molecule is CNCCC1CN(c2ccc(Br)cc2)C(=O)N1. The summed E-state index contributed by atoms with van der Waals surface area (Å²) in [5.41, 5.74) is 0.942. The first-order valence-electron chi connectivity index (χ1n) is 5.69. The molecule has 2 amide bonds. The van der Waals surface area contributed by atoms with Crippen molar-refractivity contribution in [1.29, 1.82) is 0 Å². The van der Waals surface area contributed by atoms with Crippen molar-refractivity contribution in [2.45, 2.75) is 12.5 Å². The van der Waals surface area contributed by atoms with Gasteiger partial charge < -0.3 is 10.6 Å². The van der Waals surface area contributed by atoms with Gasteiger partial charge in [0, 0.05) is 22.7 Å². The molecule has 92 valence electrons. The van der Waals surface area contributed by atoms with Crippen LogP contribution >= 0.6 is 15.9 Å². The Hall–Kier alpha value is -1.07. The number of hydrogen-bond donors (Lipinski definition) is 2. The highest BCUT2D eigenvalue weighted by atomic mass is 79.9. The van der Waals surface area contributed by atoms with Gasteiger partial charge in [-0.3, -0.25) is 4.90 Å². The number of hydrogen-bond acceptors (Lipinski definition) is 2. The maximum absolute atomic E-state index is 11.8. The molecule has 1 aromatic rings. The van der Waals surface area contributed by atoms with Gasteiger partial charge >= 0.3 is 6.03 Å². The summed E-state index contributed by atoms with van der Waals surface area (Å²) in [5.74, 6) is 0. The molecule has 1 heterocycles. The average molecular weight is 298 g/mol. The van der Waals surface area contributed by atoms with E-state index in [4.69, 9.17) is 0 Å². The smallest absolute Gasteiger partial charge is 0.322 e. The summed E-state index contributed by atoms with van der Waals surface area (Å²) in [5, 5.41) is 6.08. The highest BCUT2D eigenvalue weighted by molar-refractivity contribution is 9.10. The highest BCUT2D eigenvalue weighted by Gasteiger charge is 2.28. The monoisotopic (exact) mass is 297 g/mol. The quantitative estimate of drug-likeness (QED) is 0.892. The number of anilines is 1. The minimum Gasteiger partial charge on any atom is -0.333 e. The average Bonchev–Trinajstić information content (AvgIpc) is 2.69. The van der Waals surface area contributed by atoms with Gasteiger partial charge in [-0.2, -0.15) is 0 Å². The van der Waals surface area contributed by atoms with E-state index in [0.29, 0.717) is 0 Å². The van der Waals surface area contributed by atoms with Crippen molar-refractivity contribution in [3.8, 4) is 0 Å². The van der Waals surface area contributed by atoms with E-state index in [1.54, 1.807) is 4.90 Å². The number of benzene rings is 1. The van der Waals surface area contributed by atoms with E-state index < -0.39 is 0 Å². The highest BCUT2D eigenvalue weighted by Crippen LogP contribution is 2.21. The molecule has 1 aliphatic rings. The number of urea groups is 1. The topological polar surface area (TPSA) is 44.4 Å². The zero-order chi connectivity index (χ0) is 12.3. The Morgan fingerprint density at radius 1 is 1.47 bits per heavy atom. The molecule has 0 aliphatic carbocycles. The van der Waals surface area contributed by atoms with Gasteiger partial charge in [0.2, 0.25) is 0 Å². The van der Waals surface area contributed by atoms with Crippen molar-refractivity contribution in [2.75, 3.05) is 25.0 Å². The predicted octanol–water partition coefficient (Wildman–Crippen LogP) is 1.96. The van der Waals surface area contributed by atoms with Gasteiger partial charge in [-0.15, -0.1) is 0 Å². The van der Waals surface area contributed by atoms with Crippen molar-refractivity contribution in [2.24, 2.45) is 0 Å². The Bertz CT molecular complexity index is 393. The van der Waals surface area contributed by atoms with Gasteiger partial charge in [-0.1, -0.05) is 15.9 Å². The van der Waals surface area contributed by atoms with Crippen molar-refractivity contribution in [3.05, 3.63) is 28.7 Å². The lowest BCUT2D eigenvalue weighted by molar-refractivity contribution is 0.250. The number of nitrogens with one attached hydrogen (secondary N) is 2. The molecule has 2 rings (SSSR count). The summed E-state index contributed by atoms with van der Waals surface area (Å²) in [4.78, 5) is 13.6. The summed E-state index contributed by atoms with van der Waals surface area (Å²) in [6.07, 6.45) is 0.954. The van der Waals surface area contributed by atoms with Crippen LogP contribution in [0.4, 0.5) is 10.5 Å². The Kier molecular flexibility index (Phi) is 4.02. The molecule has 17 heavy (non-hydrogen) atoms. The third kappa shape index (κ3) is 2.98. The molecule has 1 fully saturated rings. The lowest BCUT2D eigenvalue weighted by Crippen LogP contribution is -2.29. The molecule has 1 atom stereocenters. The van der Waals surface area contributed by atoms with E-state index in [1.807, 2.05) is 31.3 Å². The molecule has 0 saturated carbocycles. The van der Waals surface area contributed by atoms with E-state index in [1.165, 1.54) is 0 Å². The number of carbonyl (C=O) groups is 1. The second-order valence-corrected chi connectivity index (χ2v) is 5.04. The first-order chi connectivity index (χ1) is 8.20. The zero-order valence-corrected chi connectivity index (χ0v) is 11.3. The maximum Gasteiger partial charge on any atom is 0.322 e. The lowest BCUT2D eigenvalue weighted by Gasteiger charge is -2.14. The molecular formula is C12H16BrN3O. The molecule has 2 N–H and O–H groups in total. The van der Waals surface area contributed by atoms with E-state index in [0.717, 1.165) is 29.7 Å². The van der Waals surface area contributed by atoms with Crippen LogP contribution in [0.1, 0.15) is 6.42 Å². The van der Waals surface area contributed by atoms with Crippen molar-refractivity contribution in [3.63, 3.8) is 0 Å². The summed E-state index contributed by atoms with van der Waals surface area (Å²) >= 11 is 3.39. The first-order valence-corrected chi connectivity index (χ1v) is 6.48. The van der Waals surface area contributed by atoms with Crippen LogP contribution in [0.25, 0.3) is 0 Å². The normalized spacial score (nSPS) is 19.5. The molecule has 0 spiro atoms. The summed E-state index contributed by atoms with van der Waals surface area (Å²) < 4.78 is 1.02. The van der Waals surface area contributed by atoms with Crippen molar-refractivity contribution >= 4 is 27.6 Å². The van der Waals surface area contributed by atoms with Crippen molar-refractivity contribution in [1.82, 2.24) is 10.6 Å². The third-order valence-electron chi connectivity index (χ3n) is 2.86. The van der Waals surface area contributed by atoms with Crippen LogP contribution in [0.2, 0.25) is 0 Å². The zero-order valence-electron chi connectivity index (χ0n) is 9.74. The van der Waals surface area contributed by atoms with Crippen LogP contribution in [0.3, 0.4) is 0 Å². The summed E-state index contributed by atoms with van der Waals surface area (Å²) in [6, 6.07) is 8.02. The van der Waals surface area contributed by atoms with Crippen LogP contribution in [-0.2, 0) is 0 Å². The molecule has 1 saturated heterocycles. The third-order valence-corrected chi connectivity index (χ3v) is 3.39. The molecule has 0 aromatic heterocycles. The van der Waals surface area contributed by atoms with Crippen LogP contribution in [0.15, 0.2) is 28.7 Å². The van der Waals surface area contributed by atoms with E-state index in [9.17, 15) is 4.79 Å². The Morgan fingerprint density at radius 3 is 2.82 bits per heavy atom. The summed E-state index contributed by atoms with van der Waals surface area (Å²) in [6.45, 7) is 1.65. The van der Waals surface area contributed by atoms with Gasteiger partial charge in [0.15, 0.2) is 0 Å². The molecule has 4 nitrogen and oxygen atoms in total. The molecule has 0 bridgehead atoms. The van der Waals surface area contributed by atoms with Crippen LogP contribution in [0, 0.1) is 0 Å². The largest absolute Gasteiger partial charge is 0.333 e. The standard InChI is InChI=1S/C12H16BrN3O/c1-14-7-6-10-8-16(12(17)15-10)11-4-2-9(13)3-5-11/h2-5,10,14H,6-8H2,1H3,(H,15,17). The van der Waals surface area contributed by atoms with E-state index in [-0.39, 0.29) is 12.1 Å². The van der Waals surface area contributed by atoms with Crippen LogP contribution in [-0.4, -0.2) is 32.2 Å². The Labute approximate surface area is 110 Å². The van der Waals surface area contributed by atoms with E-state index in [2.05, 4.69) is 26.6 Å². The lowest BCUT2D eigenvalue weighted by atomic mass is 10.2. The van der Waals surface area contributed by atoms with Gasteiger partial charge in [0.05, 0.1) is 0 Å². The van der Waals surface area contributed by atoms with Gasteiger partial charge in [-0.05, 0) is 44.3 Å². The second-order valence-electron chi connectivity index (χ2n) is 4.13. The number of rotatable bonds is 4. The molecule has 1 aliphatic heterocycles. The maximum atomic E-state index is 11.8. The predicted molar refractivity (Wildman–Crippen MR) is 72.4 cm³/mol. The molecule has 1 aromatic carbocycles. The Morgan fingerprint density at radius 2 is 2.18 bits per heavy atom. The van der Waals surface area contributed by atoms with Crippen LogP contribution < -0.4 is 15.5 Å². The number of halogens is 1. The van der Waals surface area contributed by atoms with Crippen LogP contribution in [0.5, 0.6) is 0 Å². The number of amides is 2. The van der Waals surface area contributed by atoms with Gasteiger partial charge in [-0.25, -0.2) is 4.79 Å². The van der Waals surface area contributed by atoms with Gasteiger partial charge in [0.1, 0.15) is 0 Å². The van der Waals surface area contributed by atoms with Crippen molar-refractivity contribution < 1.29 is 4.79 Å². The van der Waals surface area contributed by atoms with E-state index >= 15 is 0 Å². The fraction of sp³-hybridized carbons (Fsp3) is 0.417. The minimum atomic E-state index is -0.00609. The fourth-order valence-electron chi connectivity index (χ4n) is 1.93. The number of nitrogens with zero attached hydrogens (tertiary/aromatic N) is 1.